The van der Waals surface area contributed by atoms with E-state index < -0.39 is 6.10 Å². The minimum atomic E-state index is -0.498. The summed E-state index contributed by atoms with van der Waals surface area (Å²) in [7, 11) is 0. The Balaban J connectivity index is 1.34. The van der Waals surface area contributed by atoms with E-state index in [0.717, 1.165) is 16.7 Å². The first-order valence-corrected chi connectivity index (χ1v) is 9.13. The molecule has 2 heterocycles. The Hall–Kier alpha value is -1.69. The van der Waals surface area contributed by atoms with Crippen molar-refractivity contribution < 1.29 is 13.9 Å². The highest BCUT2D eigenvalue weighted by Crippen LogP contribution is 2.49. The molecule has 2 aliphatic carbocycles. The molecular weight excluding hydrogens is 312 g/mol. The van der Waals surface area contributed by atoms with E-state index >= 15 is 0 Å². The minimum absolute atomic E-state index is 0.147. The average molecular weight is 332 g/mol. The summed E-state index contributed by atoms with van der Waals surface area (Å²) in [5.41, 5.74) is 0. The summed E-state index contributed by atoms with van der Waals surface area (Å²) in [6.07, 6.45) is 5.16. The summed E-state index contributed by atoms with van der Waals surface area (Å²) in [6.45, 7) is 1.78. The molecule has 122 valence electrons. The van der Waals surface area contributed by atoms with Crippen molar-refractivity contribution in [2.75, 3.05) is 0 Å². The van der Waals surface area contributed by atoms with E-state index in [1.807, 2.05) is 17.5 Å². The molecule has 6 heteroatoms. The summed E-state index contributed by atoms with van der Waals surface area (Å²) in [6, 6.07) is 3.86. The smallest absolute Gasteiger partial charge is 0.306 e. The largest absolute Gasteiger partial charge is 0.453 e. The van der Waals surface area contributed by atoms with Crippen LogP contribution >= 0.6 is 11.3 Å². The molecule has 0 saturated heterocycles. The Bertz CT molecular complexity index is 682. The van der Waals surface area contributed by atoms with E-state index in [4.69, 9.17) is 9.15 Å². The summed E-state index contributed by atoms with van der Waals surface area (Å²) in [4.78, 5) is 13.1. The number of carbonyl (C=O) groups excluding carboxylic acids is 1. The van der Waals surface area contributed by atoms with Crippen LogP contribution in [-0.4, -0.2) is 16.2 Å². The minimum Gasteiger partial charge on any atom is -0.453 e. The lowest BCUT2D eigenvalue weighted by molar-refractivity contribution is -0.151. The molecule has 2 bridgehead atoms. The highest BCUT2D eigenvalue weighted by Gasteiger charge is 2.40. The van der Waals surface area contributed by atoms with Crippen LogP contribution in [0.2, 0.25) is 0 Å². The first-order chi connectivity index (χ1) is 11.2. The fourth-order valence-corrected chi connectivity index (χ4v) is 4.68. The van der Waals surface area contributed by atoms with Gasteiger partial charge in [-0.25, -0.2) is 0 Å². The van der Waals surface area contributed by atoms with Crippen molar-refractivity contribution in [3.05, 3.63) is 23.4 Å². The number of esters is 1. The van der Waals surface area contributed by atoms with Crippen molar-refractivity contribution in [3.63, 3.8) is 0 Å². The molecule has 0 aromatic carbocycles. The van der Waals surface area contributed by atoms with Crippen molar-refractivity contribution in [1.82, 2.24) is 10.2 Å². The normalized spacial score (nSPS) is 27.3. The van der Waals surface area contributed by atoms with Gasteiger partial charge in [0.05, 0.1) is 4.88 Å². The number of hydrogen-bond donors (Lipinski definition) is 0. The van der Waals surface area contributed by atoms with Crippen molar-refractivity contribution in [2.45, 2.75) is 45.1 Å². The van der Waals surface area contributed by atoms with Crippen LogP contribution < -0.4 is 0 Å². The molecule has 0 aliphatic heterocycles. The van der Waals surface area contributed by atoms with Crippen LogP contribution in [0.15, 0.2) is 21.9 Å². The summed E-state index contributed by atoms with van der Waals surface area (Å²) in [5.74, 6) is 2.78. The van der Waals surface area contributed by atoms with Crippen LogP contribution in [-0.2, 0) is 9.53 Å². The zero-order valence-electron chi connectivity index (χ0n) is 13.1. The van der Waals surface area contributed by atoms with Crippen LogP contribution in [0.4, 0.5) is 0 Å². The van der Waals surface area contributed by atoms with Gasteiger partial charge in [-0.2, -0.15) is 0 Å². The van der Waals surface area contributed by atoms with Gasteiger partial charge in [-0.3, -0.25) is 4.79 Å². The fraction of sp³-hybridized carbons (Fsp3) is 0.588. The first kappa shape index (κ1) is 14.9. The van der Waals surface area contributed by atoms with Gasteiger partial charge in [0.15, 0.2) is 6.10 Å². The van der Waals surface area contributed by atoms with E-state index in [1.54, 1.807) is 6.92 Å². The Kier molecular flexibility index (Phi) is 3.93. The molecule has 0 N–H and O–H groups in total. The molecule has 4 rings (SSSR count). The van der Waals surface area contributed by atoms with Gasteiger partial charge < -0.3 is 9.15 Å². The molecule has 4 atom stereocenters. The highest BCUT2D eigenvalue weighted by atomic mass is 32.1. The lowest BCUT2D eigenvalue weighted by Crippen LogP contribution is -2.18. The van der Waals surface area contributed by atoms with Gasteiger partial charge in [-0.05, 0) is 55.4 Å². The van der Waals surface area contributed by atoms with E-state index in [2.05, 4.69) is 10.2 Å². The molecule has 0 radical (unpaired) electrons. The maximum Gasteiger partial charge on any atom is 0.306 e. The fourth-order valence-electron chi connectivity index (χ4n) is 4.03. The van der Waals surface area contributed by atoms with Crippen LogP contribution in [0.25, 0.3) is 10.8 Å². The third-order valence-corrected chi connectivity index (χ3v) is 6.00. The SMILES string of the molecule is CC(OC(=O)CC1CC2CCC1C2)c1nnc(-c2cccs2)o1. The highest BCUT2D eigenvalue weighted by molar-refractivity contribution is 7.13. The van der Waals surface area contributed by atoms with Gasteiger partial charge in [0.25, 0.3) is 11.8 Å². The number of carbonyl (C=O) groups is 1. The molecule has 0 amide bonds. The van der Waals surface area contributed by atoms with E-state index in [-0.39, 0.29) is 5.97 Å². The Morgan fingerprint density at radius 3 is 3.04 bits per heavy atom. The van der Waals surface area contributed by atoms with Gasteiger partial charge in [0.2, 0.25) is 0 Å². The maximum atomic E-state index is 12.2. The van der Waals surface area contributed by atoms with Crippen molar-refractivity contribution in [3.8, 4) is 10.8 Å². The number of thiophene rings is 1. The Morgan fingerprint density at radius 2 is 2.35 bits per heavy atom. The predicted octanol–water partition coefficient (Wildman–Crippen LogP) is 4.23. The third kappa shape index (κ3) is 3.04. The van der Waals surface area contributed by atoms with E-state index in [1.165, 1.54) is 37.0 Å². The van der Waals surface area contributed by atoms with Gasteiger partial charge in [0, 0.05) is 6.42 Å². The topological polar surface area (TPSA) is 65.2 Å². The van der Waals surface area contributed by atoms with Crippen molar-refractivity contribution in [2.24, 2.45) is 17.8 Å². The molecular formula is C17H20N2O3S. The van der Waals surface area contributed by atoms with E-state index in [9.17, 15) is 4.79 Å². The predicted molar refractivity (Wildman–Crippen MR) is 85.7 cm³/mol. The lowest BCUT2D eigenvalue weighted by Gasteiger charge is -2.21. The number of ether oxygens (including phenoxy) is 1. The second-order valence-electron chi connectivity index (χ2n) is 6.69. The van der Waals surface area contributed by atoms with Crippen LogP contribution in [0.3, 0.4) is 0 Å². The number of rotatable bonds is 5. The molecule has 2 aliphatic rings. The zero-order chi connectivity index (χ0) is 15.8. The molecule has 2 aromatic heterocycles. The standard InChI is InChI=1S/C17H20N2O3S/c1-10(16-18-19-17(22-16)14-3-2-6-23-14)21-15(20)9-13-8-11-4-5-12(13)7-11/h2-3,6,10-13H,4-5,7-9H2,1H3. The van der Waals surface area contributed by atoms with Crippen molar-refractivity contribution >= 4 is 17.3 Å². The van der Waals surface area contributed by atoms with Gasteiger partial charge in [0.1, 0.15) is 0 Å². The molecule has 2 aromatic rings. The molecule has 2 saturated carbocycles. The maximum absolute atomic E-state index is 12.2. The quantitative estimate of drug-likeness (QED) is 0.767. The van der Waals surface area contributed by atoms with Crippen LogP contribution in [0.5, 0.6) is 0 Å². The molecule has 5 nitrogen and oxygen atoms in total. The lowest BCUT2D eigenvalue weighted by atomic mass is 9.86. The second-order valence-corrected chi connectivity index (χ2v) is 7.64. The van der Waals surface area contributed by atoms with Gasteiger partial charge in [-0.1, -0.05) is 12.5 Å². The van der Waals surface area contributed by atoms with Gasteiger partial charge >= 0.3 is 5.97 Å². The Labute approximate surface area is 139 Å². The third-order valence-electron chi connectivity index (χ3n) is 5.14. The molecule has 2 fully saturated rings. The Morgan fingerprint density at radius 1 is 1.43 bits per heavy atom. The van der Waals surface area contributed by atoms with E-state index in [0.29, 0.717) is 24.1 Å². The summed E-state index contributed by atoms with van der Waals surface area (Å²) >= 11 is 1.54. The van der Waals surface area contributed by atoms with Gasteiger partial charge in [-0.15, -0.1) is 21.5 Å². The number of aromatic nitrogens is 2. The van der Waals surface area contributed by atoms with Crippen LogP contribution in [0, 0.1) is 17.8 Å². The van der Waals surface area contributed by atoms with Crippen LogP contribution in [0.1, 0.15) is 51.0 Å². The average Bonchev–Trinajstić information content (AvgIpc) is 3.29. The zero-order valence-corrected chi connectivity index (χ0v) is 13.9. The van der Waals surface area contributed by atoms with Crippen molar-refractivity contribution in [1.29, 1.82) is 0 Å². The summed E-state index contributed by atoms with van der Waals surface area (Å²) in [5, 5.41) is 9.99. The number of hydrogen-bond acceptors (Lipinski definition) is 6. The second kappa shape index (κ2) is 6.07. The summed E-state index contributed by atoms with van der Waals surface area (Å²) < 4.78 is 11.1. The number of nitrogens with zero attached hydrogens (tertiary/aromatic N) is 2. The number of fused-ring (bicyclic) bond motifs is 2. The first-order valence-electron chi connectivity index (χ1n) is 8.26. The molecule has 0 spiro atoms. The molecule has 4 unspecified atom stereocenters. The molecule has 23 heavy (non-hydrogen) atoms. The monoisotopic (exact) mass is 332 g/mol.